The van der Waals surface area contributed by atoms with Gasteiger partial charge in [-0.05, 0) is 91.8 Å². The van der Waals surface area contributed by atoms with E-state index in [2.05, 4.69) is 76.5 Å². The first-order chi connectivity index (χ1) is 19.8. The first kappa shape index (κ1) is 29.8. The Labute approximate surface area is 246 Å². The molecule has 2 heterocycles. The summed E-state index contributed by atoms with van der Waals surface area (Å²) in [7, 11) is -1.80. The van der Waals surface area contributed by atoms with E-state index in [1.807, 2.05) is 12.1 Å². The first-order valence-electron chi connectivity index (χ1n) is 14.9. The second kappa shape index (κ2) is 14.0. The van der Waals surface area contributed by atoms with E-state index in [1.165, 1.54) is 35.1 Å². The van der Waals surface area contributed by atoms with Crippen LogP contribution in [-0.2, 0) is 40.2 Å². The molecule has 2 fully saturated rings. The number of piperidine rings is 2. The van der Waals surface area contributed by atoms with Crippen LogP contribution in [-0.4, -0.2) is 57.4 Å². The fourth-order valence-corrected chi connectivity index (χ4v) is 7.11. The molecule has 6 nitrogen and oxygen atoms in total. The zero-order valence-corrected chi connectivity index (χ0v) is 25.3. The monoisotopic (exact) mass is 576 g/mol. The highest BCUT2D eigenvalue weighted by Gasteiger charge is 2.32. The molecule has 41 heavy (non-hydrogen) atoms. The third kappa shape index (κ3) is 8.89. The minimum atomic E-state index is -3.56. The summed E-state index contributed by atoms with van der Waals surface area (Å²) in [6.45, 7) is 4.65. The van der Waals surface area contributed by atoms with Gasteiger partial charge in [0.05, 0.1) is 13.4 Å². The van der Waals surface area contributed by atoms with Crippen LogP contribution in [0.4, 0.5) is 0 Å². The topological polar surface area (TPSA) is 59.1 Å². The largest absolute Gasteiger partial charge is 0.496 e. The average Bonchev–Trinajstić information content (AvgIpc) is 2.96. The molecule has 0 aromatic heterocycles. The maximum absolute atomic E-state index is 12.1. The maximum atomic E-state index is 12.1. The van der Waals surface area contributed by atoms with Gasteiger partial charge < -0.3 is 4.74 Å². The lowest BCUT2D eigenvalue weighted by molar-refractivity contribution is -0.0243. The van der Waals surface area contributed by atoms with Crippen LogP contribution in [0.1, 0.15) is 47.9 Å². The zero-order chi connectivity index (χ0) is 28.7. The summed E-state index contributed by atoms with van der Waals surface area (Å²) in [5.41, 5.74) is 5.12. The predicted molar refractivity (Wildman–Crippen MR) is 164 cm³/mol. The highest BCUT2D eigenvalue weighted by molar-refractivity contribution is 7.86. The van der Waals surface area contributed by atoms with E-state index >= 15 is 0 Å². The molecule has 2 saturated heterocycles. The van der Waals surface area contributed by atoms with Crippen LogP contribution >= 0.6 is 0 Å². The zero-order valence-electron chi connectivity index (χ0n) is 24.5. The summed E-state index contributed by atoms with van der Waals surface area (Å²) in [6, 6.07) is 27.6. The van der Waals surface area contributed by atoms with Crippen molar-refractivity contribution in [2.75, 3.05) is 33.0 Å². The van der Waals surface area contributed by atoms with Gasteiger partial charge >= 0.3 is 0 Å². The lowest BCUT2D eigenvalue weighted by atomic mass is 9.89. The van der Waals surface area contributed by atoms with E-state index < -0.39 is 16.3 Å². The highest BCUT2D eigenvalue weighted by atomic mass is 32.2. The predicted octanol–water partition coefficient (Wildman–Crippen LogP) is 5.91. The van der Waals surface area contributed by atoms with E-state index in [9.17, 15) is 8.42 Å². The van der Waals surface area contributed by atoms with Crippen LogP contribution < -0.4 is 4.74 Å². The molecule has 2 atom stereocenters. The molecule has 3 aromatic carbocycles. The molecule has 7 heteroatoms. The van der Waals surface area contributed by atoms with Crippen LogP contribution in [0.15, 0.2) is 78.9 Å². The third-order valence-corrected chi connectivity index (χ3v) is 9.18. The molecule has 0 bridgehead atoms. The van der Waals surface area contributed by atoms with Gasteiger partial charge in [-0.3, -0.25) is 14.0 Å². The van der Waals surface area contributed by atoms with Gasteiger partial charge in [0.15, 0.2) is 0 Å². The number of likely N-dealkylation sites (tertiary alicyclic amines) is 2. The van der Waals surface area contributed by atoms with Gasteiger partial charge in [-0.15, -0.1) is 0 Å². The number of para-hydroxylation sites is 1. The van der Waals surface area contributed by atoms with E-state index in [-0.39, 0.29) is 0 Å². The van der Waals surface area contributed by atoms with Gasteiger partial charge in [0.2, 0.25) is 0 Å². The van der Waals surface area contributed by atoms with Crippen LogP contribution in [0.5, 0.6) is 5.75 Å². The van der Waals surface area contributed by atoms with E-state index in [4.69, 9.17) is 8.92 Å². The van der Waals surface area contributed by atoms with Gasteiger partial charge in [-0.2, -0.15) is 8.42 Å². The molecule has 2 aliphatic heterocycles. The minimum absolute atomic E-state index is 0.401. The summed E-state index contributed by atoms with van der Waals surface area (Å²) in [5, 5.41) is 0. The Bertz CT molecular complexity index is 1360. The van der Waals surface area contributed by atoms with Crippen molar-refractivity contribution in [3.05, 3.63) is 101 Å². The third-order valence-electron chi connectivity index (χ3n) is 8.61. The van der Waals surface area contributed by atoms with Crippen LogP contribution in [0.3, 0.4) is 0 Å². The summed E-state index contributed by atoms with van der Waals surface area (Å²) < 4.78 is 35.5. The highest BCUT2D eigenvalue weighted by Crippen LogP contribution is 2.30. The number of ether oxygens (including phenoxy) is 1. The van der Waals surface area contributed by atoms with Crippen molar-refractivity contribution in [3.8, 4) is 5.75 Å². The van der Waals surface area contributed by atoms with Crippen molar-refractivity contribution in [3.63, 3.8) is 0 Å². The van der Waals surface area contributed by atoms with Crippen LogP contribution in [0.2, 0.25) is 0 Å². The van der Waals surface area contributed by atoms with E-state index in [1.54, 1.807) is 7.11 Å². The molecule has 0 N–H and O–H groups in total. The standard InChI is InChI=1S/C34H44N2O4S/c1-39-33-14-7-6-13-32(33)23-28-15-18-35(19-16-28)25-30-11-8-12-31(22-30)26-36-20-17-29(21-27-9-4-3-5-10-27)24-34(36)40-41(2,37)38/h3-14,22,28-29,34H,15-21,23-26H2,1-2H3. The fraction of sp³-hybridized carbons (Fsp3) is 0.471. The molecule has 220 valence electrons. The van der Waals surface area contributed by atoms with Gasteiger partial charge in [0.1, 0.15) is 12.0 Å². The van der Waals surface area contributed by atoms with Crippen molar-refractivity contribution < 1.29 is 17.3 Å². The molecule has 0 amide bonds. The normalized spacial score (nSPS) is 21.1. The molecule has 2 unspecified atom stereocenters. The maximum Gasteiger partial charge on any atom is 0.265 e. The minimum Gasteiger partial charge on any atom is -0.496 e. The molecule has 0 aliphatic carbocycles. The molecule has 0 spiro atoms. The summed E-state index contributed by atoms with van der Waals surface area (Å²) in [6.07, 6.45) is 6.88. The number of benzene rings is 3. The first-order valence-corrected chi connectivity index (χ1v) is 16.7. The summed E-state index contributed by atoms with van der Waals surface area (Å²) in [4.78, 5) is 4.76. The Balaban J connectivity index is 1.16. The Morgan fingerprint density at radius 2 is 1.41 bits per heavy atom. The smallest absolute Gasteiger partial charge is 0.265 e. The van der Waals surface area contributed by atoms with E-state index in [0.29, 0.717) is 24.8 Å². The average molecular weight is 577 g/mol. The van der Waals surface area contributed by atoms with E-state index in [0.717, 1.165) is 57.4 Å². The molecule has 3 aromatic rings. The lowest BCUT2D eigenvalue weighted by Crippen LogP contribution is -2.45. The summed E-state index contributed by atoms with van der Waals surface area (Å²) in [5.74, 6) is 2.08. The number of methoxy groups -OCH3 is 1. The SMILES string of the molecule is COc1ccccc1CC1CCN(Cc2cccc(CN3CCC(Cc4ccccc4)CC3OS(C)(=O)=O)c2)CC1. The van der Waals surface area contributed by atoms with Crippen molar-refractivity contribution in [1.29, 1.82) is 0 Å². The molecule has 5 rings (SSSR count). The van der Waals surface area contributed by atoms with Gasteiger partial charge in [0.25, 0.3) is 10.1 Å². The summed E-state index contributed by atoms with van der Waals surface area (Å²) >= 11 is 0. The lowest BCUT2D eigenvalue weighted by Gasteiger charge is -2.38. The van der Waals surface area contributed by atoms with Crippen LogP contribution in [0.25, 0.3) is 0 Å². The van der Waals surface area contributed by atoms with Gasteiger partial charge in [-0.25, -0.2) is 0 Å². The van der Waals surface area contributed by atoms with Crippen molar-refractivity contribution >= 4 is 10.1 Å². The van der Waals surface area contributed by atoms with Crippen LogP contribution in [0, 0.1) is 11.8 Å². The Morgan fingerprint density at radius 3 is 2.15 bits per heavy atom. The Morgan fingerprint density at radius 1 is 0.756 bits per heavy atom. The number of hydrogen-bond donors (Lipinski definition) is 0. The second-order valence-corrected chi connectivity index (χ2v) is 13.5. The Kier molecular flexibility index (Phi) is 10.1. The van der Waals surface area contributed by atoms with Crippen molar-refractivity contribution in [1.82, 2.24) is 9.80 Å². The Hall–Kier alpha value is -2.71. The fourth-order valence-electron chi connectivity index (χ4n) is 6.51. The number of hydrogen-bond acceptors (Lipinski definition) is 6. The molecule has 2 aliphatic rings. The second-order valence-electron chi connectivity index (χ2n) is 11.9. The van der Waals surface area contributed by atoms with Gasteiger partial charge in [0, 0.05) is 19.6 Å². The molecule has 0 saturated carbocycles. The van der Waals surface area contributed by atoms with Gasteiger partial charge in [-0.1, -0.05) is 72.8 Å². The quantitative estimate of drug-likeness (QED) is 0.265. The van der Waals surface area contributed by atoms with Crippen molar-refractivity contribution in [2.45, 2.75) is 57.8 Å². The molecule has 0 radical (unpaired) electrons. The van der Waals surface area contributed by atoms with Crippen molar-refractivity contribution in [2.24, 2.45) is 11.8 Å². The number of nitrogens with zero attached hydrogens (tertiary/aromatic N) is 2. The molecular formula is C34H44N2O4S. The number of rotatable bonds is 11. The molecular weight excluding hydrogens is 532 g/mol.